The molecule has 1 aromatic rings. The van der Waals surface area contributed by atoms with Gasteiger partial charge in [-0.2, -0.15) is 0 Å². The van der Waals surface area contributed by atoms with Crippen LogP contribution in [0.25, 0.3) is 0 Å². The highest BCUT2D eigenvalue weighted by molar-refractivity contribution is 5.82. The van der Waals surface area contributed by atoms with Gasteiger partial charge in [-0.1, -0.05) is 0 Å². The summed E-state index contributed by atoms with van der Waals surface area (Å²) in [5, 5.41) is 0. The van der Waals surface area contributed by atoms with Gasteiger partial charge in [0, 0.05) is 28.2 Å². The van der Waals surface area contributed by atoms with Crippen LogP contribution in [0.15, 0.2) is 29.3 Å². The number of aliphatic imine (C=N–C) groups is 1. The van der Waals surface area contributed by atoms with Gasteiger partial charge in [0.1, 0.15) is 5.75 Å². The van der Waals surface area contributed by atoms with E-state index in [2.05, 4.69) is 4.99 Å². The topological polar surface area (TPSA) is 28.1 Å². The molecule has 0 spiro atoms. The van der Waals surface area contributed by atoms with Gasteiger partial charge in [0.05, 0.1) is 12.3 Å². The SMILES string of the molecule is CCOc1ccc(N=C(N(C)C)N(C)C)cc1. The zero-order chi connectivity index (χ0) is 12.8. The molecule has 0 atom stereocenters. The van der Waals surface area contributed by atoms with E-state index < -0.39 is 0 Å². The molecule has 0 saturated carbocycles. The first-order chi connectivity index (χ1) is 8.04. The van der Waals surface area contributed by atoms with Crippen molar-refractivity contribution in [3.63, 3.8) is 0 Å². The van der Waals surface area contributed by atoms with Crippen LogP contribution in [0.3, 0.4) is 0 Å². The number of guanidine groups is 1. The van der Waals surface area contributed by atoms with Gasteiger partial charge in [-0.05, 0) is 31.2 Å². The largest absolute Gasteiger partial charge is 0.494 e. The number of hydrogen-bond acceptors (Lipinski definition) is 2. The first-order valence-corrected chi connectivity index (χ1v) is 5.70. The number of nitrogens with zero attached hydrogens (tertiary/aromatic N) is 3. The normalized spacial score (nSPS) is 9.71. The van der Waals surface area contributed by atoms with Crippen LogP contribution >= 0.6 is 0 Å². The minimum atomic E-state index is 0.684. The summed E-state index contributed by atoms with van der Waals surface area (Å²) in [5.41, 5.74) is 0.922. The van der Waals surface area contributed by atoms with E-state index in [1.54, 1.807) is 0 Å². The van der Waals surface area contributed by atoms with Crippen molar-refractivity contribution in [2.24, 2.45) is 4.99 Å². The van der Waals surface area contributed by atoms with Gasteiger partial charge in [-0.25, -0.2) is 4.99 Å². The van der Waals surface area contributed by atoms with E-state index in [-0.39, 0.29) is 0 Å². The van der Waals surface area contributed by atoms with Crippen molar-refractivity contribution in [2.45, 2.75) is 6.92 Å². The third-order valence-corrected chi connectivity index (χ3v) is 2.18. The van der Waals surface area contributed by atoms with Crippen LogP contribution in [0, 0.1) is 0 Å². The summed E-state index contributed by atoms with van der Waals surface area (Å²) in [7, 11) is 7.92. The summed E-state index contributed by atoms with van der Waals surface area (Å²) in [4.78, 5) is 8.54. The van der Waals surface area contributed by atoms with Crippen molar-refractivity contribution in [2.75, 3.05) is 34.8 Å². The summed E-state index contributed by atoms with van der Waals surface area (Å²) >= 11 is 0. The Morgan fingerprint density at radius 1 is 1.06 bits per heavy atom. The van der Waals surface area contributed by atoms with E-state index in [0.29, 0.717) is 6.61 Å². The smallest absolute Gasteiger partial charge is 0.200 e. The molecule has 4 heteroatoms. The molecule has 0 amide bonds. The second-order valence-corrected chi connectivity index (χ2v) is 4.13. The van der Waals surface area contributed by atoms with Gasteiger partial charge in [0.2, 0.25) is 5.96 Å². The standard InChI is InChI=1S/C13H21N3O/c1-6-17-12-9-7-11(8-10-12)14-13(15(2)3)16(4)5/h7-10H,6H2,1-5H3. The number of benzene rings is 1. The van der Waals surface area contributed by atoms with Crippen molar-refractivity contribution in [3.8, 4) is 5.75 Å². The van der Waals surface area contributed by atoms with E-state index >= 15 is 0 Å². The van der Waals surface area contributed by atoms with Gasteiger partial charge in [0.15, 0.2) is 0 Å². The summed E-state index contributed by atoms with van der Waals surface area (Å²) in [6.45, 7) is 2.66. The van der Waals surface area contributed by atoms with E-state index in [1.807, 2.05) is 69.2 Å². The minimum absolute atomic E-state index is 0.684. The molecule has 0 heterocycles. The molecule has 0 radical (unpaired) electrons. The molecule has 0 aliphatic carbocycles. The first kappa shape index (κ1) is 13.4. The van der Waals surface area contributed by atoms with Crippen molar-refractivity contribution >= 4 is 11.6 Å². The lowest BCUT2D eigenvalue weighted by atomic mass is 10.3. The quantitative estimate of drug-likeness (QED) is 0.594. The number of rotatable bonds is 3. The molecule has 1 rings (SSSR count). The third-order valence-electron chi connectivity index (χ3n) is 2.18. The molecule has 0 bridgehead atoms. The van der Waals surface area contributed by atoms with Crippen LogP contribution in [0.1, 0.15) is 6.92 Å². The van der Waals surface area contributed by atoms with Crippen molar-refractivity contribution in [3.05, 3.63) is 24.3 Å². The van der Waals surface area contributed by atoms with E-state index in [9.17, 15) is 0 Å². The second kappa shape index (κ2) is 6.13. The van der Waals surface area contributed by atoms with Gasteiger partial charge < -0.3 is 14.5 Å². The van der Waals surface area contributed by atoms with Crippen LogP contribution < -0.4 is 4.74 Å². The van der Waals surface area contributed by atoms with Crippen molar-refractivity contribution < 1.29 is 4.74 Å². The van der Waals surface area contributed by atoms with Crippen LogP contribution in [0.4, 0.5) is 5.69 Å². The molecule has 0 unspecified atom stereocenters. The highest BCUT2D eigenvalue weighted by Crippen LogP contribution is 2.18. The lowest BCUT2D eigenvalue weighted by Crippen LogP contribution is -2.35. The monoisotopic (exact) mass is 235 g/mol. The minimum Gasteiger partial charge on any atom is -0.494 e. The van der Waals surface area contributed by atoms with E-state index in [4.69, 9.17) is 4.74 Å². The maximum atomic E-state index is 5.39. The molecule has 0 N–H and O–H groups in total. The molecule has 4 nitrogen and oxygen atoms in total. The van der Waals surface area contributed by atoms with Crippen molar-refractivity contribution in [1.82, 2.24) is 9.80 Å². The molecule has 94 valence electrons. The van der Waals surface area contributed by atoms with Gasteiger partial charge >= 0.3 is 0 Å². The fraction of sp³-hybridized carbons (Fsp3) is 0.462. The number of hydrogen-bond donors (Lipinski definition) is 0. The van der Waals surface area contributed by atoms with Gasteiger partial charge in [0.25, 0.3) is 0 Å². The Morgan fingerprint density at radius 2 is 1.59 bits per heavy atom. The average Bonchev–Trinajstić information content (AvgIpc) is 2.27. The zero-order valence-corrected chi connectivity index (χ0v) is 11.3. The fourth-order valence-corrected chi connectivity index (χ4v) is 1.50. The molecule has 0 aliphatic heterocycles. The molecule has 0 aliphatic rings. The number of ether oxygens (including phenoxy) is 1. The van der Waals surface area contributed by atoms with Gasteiger partial charge in [-0.15, -0.1) is 0 Å². The van der Waals surface area contributed by atoms with Crippen LogP contribution in [0.2, 0.25) is 0 Å². The Balaban J connectivity index is 2.88. The Hall–Kier alpha value is -1.71. The Bertz CT molecular complexity index is 359. The van der Waals surface area contributed by atoms with E-state index in [0.717, 1.165) is 17.4 Å². The zero-order valence-electron chi connectivity index (χ0n) is 11.3. The van der Waals surface area contributed by atoms with Gasteiger partial charge in [-0.3, -0.25) is 0 Å². The Morgan fingerprint density at radius 3 is 2.00 bits per heavy atom. The summed E-state index contributed by atoms with van der Waals surface area (Å²) in [5.74, 6) is 1.79. The molecule has 1 aromatic carbocycles. The fourth-order valence-electron chi connectivity index (χ4n) is 1.50. The predicted octanol–water partition coefficient (Wildman–Crippen LogP) is 2.20. The summed E-state index contributed by atoms with van der Waals surface area (Å²) in [6.07, 6.45) is 0. The molecule has 0 fully saturated rings. The lowest BCUT2D eigenvalue weighted by Gasteiger charge is -2.22. The first-order valence-electron chi connectivity index (χ1n) is 5.70. The Kier molecular flexibility index (Phi) is 4.82. The third kappa shape index (κ3) is 3.98. The van der Waals surface area contributed by atoms with Crippen molar-refractivity contribution in [1.29, 1.82) is 0 Å². The predicted molar refractivity (Wildman–Crippen MR) is 72.1 cm³/mol. The molecule has 0 saturated heterocycles. The molecule has 17 heavy (non-hydrogen) atoms. The van der Waals surface area contributed by atoms with Crippen LogP contribution in [-0.2, 0) is 0 Å². The van der Waals surface area contributed by atoms with E-state index in [1.165, 1.54) is 0 Å². The Labute approximate surface area is 104 Å². The molecular weight excluding hydrogens is 214 g/mol. The summed E-state index contributed by atoms with van der Waals surface area (Å²) < 4.78 is 5.39. The lowest BCUT2D eigenvalue weighted by molar-refractivity contribution is 0.340. The highest BCUT2D eigenvalue weighted by atomic mass is 16.5. The molecular formula is C13H21N3O. The maximum absolute atomic E-state index is 5.39. The van der Waals surface area contributed by atoms with Crippen LogP contribution in [0.5, 0.6) is 5.75 Å². The van der Waals surface area contributed by atoms with Crippen LogP contribution in [-0.4, -0.2) is 50.6 Å². The highest BCUT2D eigenvalue weighted by Gasteiger charge is 2.04. The average molecular weight is 235 g/mol. The summed E-state index contributed by atoms with van der Waals surface area (Å²) in [6, 6.07) is 7.78. The second-order valence-electron chi connectivity index (χ2n) is 4.13. The molecule has 0 aromatic heterocycles. The maximum Gasteiger partial charge on any atom is 0.200 e.